The van der Waals surface area contributed by atoms with Gasteiger partial charge in [0.25, 0.3) is 0 Å². The molecule has 2 aliphatic rings. The van der Waals surface area contributed by atoms with Crippen molar-refractivity contribution in [2.75, 3.05) is 11.4 Å². The summed E-state index contributed by atoms with van der Waals surface area (Å²) < 4.78 is 0. The van der Waals surface area contributed by atoms with Crippen molar-refractivity contribution in [3.63, 3.8) is 0 Å². The first-order valence-electron chi connectivity index (χ1n) is 7.38. The van der Waals surface area contributed by atoms with E-state index < -0.39 is 5.97 Å². The van der Waals surface area contributed by atoms with Crippen molar-refractivity contribution in [3.8, 4) is 0 Å². The monoisotopic (exact) mass is 259 g/mol. The van der Waals surface area contributed by atoms with E-state index in [1.54, 1.807) is 6.07 Å². The topological polar surface area (TPSA) is 40.5 Å². The summed E-state index contributed by atoms with van der Waals surface area (Å²) in [6.07, 6.45) is 8.92. The Hall–Kier alpha value is -1.51. The molecule has 1 aliphatic heterocycles. The molecule has 0 unspecified atom stereocenters. The highest BCUT2D eigenvalue weighted by Gasteiger charge is 2.27. The molecule has 102 valence electrons. The highest BCUT2D eigenvalue weighted by Crippen LogP contribution is 2.34. The standard InChI is InChI=1S/C16H21NO2/c18-16(19)13-8-7-12-9-10-17(15(12)11-13)14-5-3-1-2-4-6-14/h7-8,11,14H,1-6,9-10H2,(H,18,19). The van der Waals surface area contributed by atoms with Gasteiger partial charge in [-0.15, -0.1) is 0 Å². The quantitative estimate of drug-likeness (QED) is 0.827. The maximum atomic E-state index is 11.1. The fraction of sp³-hybridized carbons (Fsp3) is 0.562. The van der Waals surface area contributed by atoms with Gasteiger partial charge in [-0.25, -0.2) is 4.79 Å². The lowest BCUT2D eigenvalue weighted by Gasteiger charge is -2.29. The maximum absolute atomic E-state index is 11.1. The number of benzene rings is 1. The highest BCUT2D eigenvalue weighted by atomic mass is 16.4. The van der Waals surface area contributed by atoms with E-state index in [1.165, 1.54) is 49.8 Å². The summed E-state index contributed by atoms with van der Waals surface area (Å²) in [5, 5.41) is 9.14. The molecule has 1 saturated carbocycles. The predicted molar refractivity (Wildman–Crippen MR) is 75.9 cm³/mol. The molecule has 3 rings (SSSR count). The molecular weight excluding hydrogens is 238 g/mol. The summed E-state index contributed by atoms with van der Waals surface area (Å²) in [6, 6.07) is 6.22. The first-order valence-corrected chi connectivity index (χ1v) is 7.38. The van der Waals surface area contributed by atoms with E-state index in [2.05, 4.69) is 4.90 Å². The van der Waals surface area contributed by atoms with Gasteiger partial charge >= 0.3 is 5.97 Å². The van der Waals surface area contributed by atoms with Crippen molar-refractivity contribution < 1.29 is 9.90 Å². The number of carbonyl (C=O) groups is 1. The van der Waals surface area contributed by atoms with Gasteiger partial charge in [0.2, 0.25) is 0 Å². The molecule has 1 heterocycles. The Morgan fingerprint density at radius 2 is 1.89 bits per heavy atom. The van der Waals surface area contributed by atoms with E-state index in [4.69, 9.17) is 5.11 Å². The van der Waals surface area contributed by atoms with E-state index in [1.807, 2.05) is 12.1 Å². The Labute approximate surface area is 114 Å². The van der Waals surface area contributed by atoms with Gasteiger partial charge < -0.3 is 10.0 Å². The second kappa shape index (κ2) is 5.24. The second-order valence-electron chi connectivity index (χ2n) is 5.74. The number of hydrogen-bond acceptors (Lipinski definition) is 2. The van der Waals surface area contributed by atoms with Crippen LogP contribution in [0.4, 0.5) is 5.69 Å². The molecule has 1 aromatic rings. The first-order chi connectivity index (χ1) is 9.25. The highest BCUT2D eigenvalue weighted by molar-refractivity contribution is 5.89. The van der Waals surface area contributed by atoms with Crippen LogP contribution >= 0.6 is 0 Å². The summed E-state index contributed by atoms with van der Waals surface area (Å²) in [4.78, 5) is 13.6. The van der Waals surface area contributed by atoms with Gasteiger partial charge in [-0.3, -0.25) is 0 Å². The van der Waals surface area contributed by atoms with Crippen molar-refractivity contribution in [3.05, 3.63) is 29.3 Å². The number of hydrogen-bond donors (Lipinski definition) is 1. The molecule has 0 spiro atoms. The van der Waals surface area contributed by atoms with Gasteiger partial charge in [-0.1, -0.05) is 31.7 Å². The van der Waals surface area contributed by atoms with E-state index in [0.717, 1.165) is 13.0 Å². The third-order valence-electron chi connectivity index (χ3n) is 4.53. The van der Waals surface area contributed by atoms with Crippen LogP contribution in [0.15, 0.2) is 18.2 Å². The van der Waals surface area contributed by atoms with Crippen molar-refractivity contribution in [1.29, 1.82) is 0 Å². The normalized spacial score (nSPS) is 20.1. The Morgan fingerprint density at radius 1 is 1.16 bits per heavy atom. The van der Waals surface area contributed by atoms with Crippen LogP contribution in [-0.4, -0.2) is 23.7 Å². The summed E-state index contributed by atoms with van der Waals surface area (Å²) in [5.41, 5.74) is 2.90. The Kier molecular flexibility index (Phi) is 3.45. The number of nitrogens with zero attached hydrogens (tertiary/aromatic N) is 1. The van der Waals surface area contributed by atoms with Gasteiger partial charge in [0.1, 0.15) is 0 Å². The molecule has 3 nitrogen and oxygen atoms in total. The Bertz CT molecular complexity index is 476. The minimum atomic E-state index is -0.824. The first kappa shape index (κ1) is 12.5. The molecule has 0 radical (unpaired) electrons. The summed E-state index contributed by atoms with van der Waals surface area (Å²) >= 11 is 0. The van der Waals surface area contributed by atoms with Crippen LogP contribution < -0.4 is 4.90 Å². The number of aromatic carboxylic acids is 1. The molecule has 3 heteroatoms. The number of rotatable bonds is 2. The average Bonchev–Trinajstić information content (AvgIpc) is 2.64. The zero-order valence-electron chi connectivity index (χ0n) is 11.3. The van der Waals surface area contributed by atoms with Crippen molar-refractivity contribution in [1.82, 2.24) is 0 Å². The van der Waals surface area contributed by atoms with E-state index in [9.17, 15) is 4.79 Å². The van der Waals surface area contributed by atoms with Crippen LogP contribution in [0.25, 0.3) is 0 Å². The molecule has 0 aromatic heterocycles. The molecule has 0 atom stereocenters. The van der Waals surface area contributed by atoms with Crippen molar-refractivity contribution >= 4 is 11.7 Å². The predicted octanol–water partition coefficient (Wildman–Crippen LogP) is 3.47. The largest absolute Gasteiger partial charge is 0.478 e. The Balaban J connectivity index is 1.87. The molecule has 1 fully saturated rings. The third kappa shape index (κ3) is 2.46. The zero-order chi connectivity index (χ0) is 13.2. The van der Waals surface area contributed by atoms with Crippen molar-refractivity contribution in [2.45, 2.75) is 51.0 Å². The second-order valence-corrected chi connectivity index (χ2v) is 5.74. The summed E-state index contributed by atoms with van der Waals surface area (Å²) in [5.74, 6) is -0.824. The van der Waals surface area contributed by atoms with Gasteiger partial charge in [-0.05, 0) is 37.0 Å². The van der Waals surface area contributed by atoms with Gasteiger partial charge in [0, 0.05) is 18.3 Å². The molecule has 1 aromatic carbocycles. The van der Waals surface area contributed by atoms with Crippen molar-refractivity contribution in [2.24, 2.45) is 0 Å². The summed E-state index contributed by atoms with van der Waals surface area (Å²) in [6.45, 7) is 1.06. The lowest BCUT2D eigenvalue weighted by Crippen LogP contribution is -2.33. The van der Waals surface area contributed by atoms with Crippen LogP contribution in [0.1, 0.15) is 54.4 Å². The van der Waals surface area contributed by atoms with Crippen LogP contribution in [0.2, 0.25) is 0 Å². The molecule has 19 heavy (non-hydrogen) atoms. The van der Waals surface area contributed by atoms with Gasteiger partial charge in [0.15, 0.2) is 0 Å². The van der Waals surface area contributed by atoms with E-state index in [0.29, 0.717) is 11.6 Å². The minimum absolute atomic E-state index is 0.416. The summed E-state index contributed by atoms with van der Waals surface area (Å²) in [7, 11) is 0. The molecule has 0 bridgehead atoms. The minimum Gasteiger partial charge on any atom is -0.478 e. The molecular formula is C16H21NO2. The maximum Gasteiger partial charge on any atom is 0.335 e. The van der Waals surface area contributed by atoms with Crippen LogP contribution in [0, 0.1) is 0 Å². The fourth-order valence-corrected chi connectivity index (χ4v) is 3.49. The number of fused-ring (bicyclic) bond motifs is 1. The lowest BCUT2D eigenvalue weighted by atomic mass is 10.1. The average molecular weight is 259 g/mol. The van der Waals surface area contributed by atoms with Crippen LogP contribution in [0.5, 0.6) is 0 Å². The van der Waals surface area contributed by atoms with Crippen LogP contribution in [-0.2, 0) is 6.42 Å². The van der Waals surface area contributed by atoms with Crippen LogP contribution in [0.3, 0.4) is 0 Å². The number of carboxylic acid groups (broad SMARTS) is 1. The number of anilines is 1. The number of carboxylic acids is 1. The molecule has 1 N–H and O–H groups in total. The SMILES string of the molecule is O=C(O)c1ccc2c(c1)N(C1CCCCCC1)CC2. The fourth-order valence-electron chi connectivity index (χ4n) is 3.49. The molecule has 0 saturated heterocycles. The van der Waals surface area contributed by atoms with E-state index >= 15 is 0 Å². The third-order valence-corrected chi connectivity index (χ3v) is 4.53. The molecule has 1 aliphatic carbocycles. The smallest absolute Gasteiger partial charge is 0.335 e. The Morgan fingerprint density at radius 3 is 2.58 bits per heavy atom. The van der Waals surface area contributed by atoms with E-state index in [-0.39, 0.29) is 0 Å². The zero-order valence-corrected chi connectivity index (χ0v) is 11.3. The van der Waals surface area contributed by atoms with Gasteiger partial charge in [-0.2, -0.15) is 0 Å². The molecule has 0 amide bonds. The lowest BCUT2D eigenvalue weighted by molar-refractivity contribution is 0.0697. The van der Waals surface area contributed by atoms with Gasteiger partial charge in [0.05, 0.1) is 5.56 Å².